The Morgan fingerprint density at radius 3 is 2.42 bits per heavy atom. The van der Waals surface area contributed by atoms with E-state index in [-0.39, 0.29) is 5.41 Å². The van der Waals surface area contributed by atoms with Crippen LogP contribution >= 0.6 is 23.2 Å². The fraction of sp³-hybridized carbons (Fsp3) is 0.529. The highest BCUT2D eigenvalue weighted by Gasteiger charge is 2.34. The lowest BCUT2D eigenvalue weighted by Gasteiger charge is -2.31. The van der Waals surface area contributed by atoms with Gasteiger partial charge in [0.05, 0.1) is 10.0 Å². The Kier molecular flexibility index (Phi) is 4.32. The average Bonchev–Trinajstić information content (AvgIpc) is 2.79. The maximum absolute atomic E-state index is 6.16. The summed E-state index contributed by atoms with van der Waals surface area (Å²) in [6, 6.07) is 6.06. The molecule has 0 aromatic heterocycles. The first-order valence-electron chi connectivity index (χ1n) is 6.95. The summed E-state index contributed by atoms with van der Waals surface area (Å²) in [4.78, 5) is 0. The molecule has 0 saturated heterocycles. The van der Waals surface area contributed by atoms with E-state index in [1.807, 2.05) is 12.1 Å². The Bertz CT molecular complexity index is 483. The monoisotopic (exact) mass is 296 g/mol. The van der Waals surface area contributed by atoms with Crippen LogP contribution in [0.1, 0.15) is 51.5 Å². The fourth-order valence-corrected chi connectivity index (χ4v) is 3.38. The molecule has 2 atom stereocenters. The number of hydrogen-bond acceptors (Lipinski definition) is 0. The number of allylic oxidation sites excluding steroid dienone is 1. The molecule has 1 aliphatic carbocycles. The molecule has 1 aromatic carbocycles. The summed E-state index contributed by atoms with van der Waals surface area (Å²) < 4.78 is 0. The number of hydrogen-bond donors (Lipinski definition) is 0. The molecule has 0 unspecified atom stereocenters. The standard InChI is InChI=1S/C17H22Cl2/c1-11(17(2,3)4)13-6-5-7-14(13)12-8-9-15(18)16(19)10-12/h8-10,13-14H,1,5-7H2,2-4H3/t13-,14-/m0/s1. The second kappa shape index (κ2) is 5.50. The summed E-state index contributed by atoms with van der Waals surface area (Å²) in [5.74, 6) is 1.11. The molecule has 1 aliphatic rings. The molecule has 0 N–H and O–H groups in total. The first-order chi connectivity index (χ1) is 8.80. The molecule has 1 fully saturated rings. The van der Waals surface area contributed by atoms with Crippen molar-refractivity contribution in [3.05, 3.63) is 46.0 Å². The van der Waals surface area contributed by atoms with Gasteiger partial charge in [-0.2, -0.15) is 0 Å². The quantitative estimate of drug-likeness (QED) is 0.548. The lowest BCUT2D eigenvalue weighted by atomic mass is 9.74. The van der Waals surface area contributed by atoms with Gasteiger partial charge in [0.1, 0.15) is 0 Å². The third-order valence-electron chi connectivity index (χ3n) is 4.30. The zero-order chi connectivity index (χ0) is 14.2. The maximum Gasteiger partial charge on any atom is 0.0595 e. The van der Waals surface area contributed by atoms with Gasteiger partial charge in [0.15, 0.2) is 0 Å². The zero-order valence-corrected chi connectivity index (χ0v) is 13.5. The van der Waals surface area contributed by atoms with E-state index >= 15 is 0 Å². The van der Waals surface area contributed by atoms with Gasteiger partial charge in [-0.25, -0.2) is 0 Å². The van der Waals surface area contributed by atoms with E-state index in [0.717, 1.165) is 0 Å². The van der Waals surface area contributed by atoms with Crippen molar-refractivity contribution in [3.63, 3.8) is 0 Å². The highest BCUT2D eigenvalue weighted by Crippen LogP contribution is 2.48. The summed E-state index contributed by atoms with van der Waals surface area (Å²) in [6.45, 7) is 11.1. The van der Waals surface area contributed by atoms with Crippen LogP contribution in [0.5, 0.6) is 0 Å². The molecule has 0 bridgehead atoms. The van der Waals surface area contributed by atoms with Crippen LogP contribution in [-0.4, -0.2) is 0 Å². The summed E-state index contributed by atoms with van der Waals surface area (Å²) in [6.07, 6.45) is 3.73. The molecule has 2 rings (SSSR count). The Morgan fingerprint density at radius 1 is 1.16 bits per heavy atom. The molecule has 0 nitrogen and oxygen atoms in total. The van der Waals surface area contributed by atoms with E-state index in [4.69, 9.17) is 23.2 Å². The van der Waals surface area contributed by atoms with E-state index < -0.39 is 0 Å². The van der Waals surface area contributed by atoms with E-state index in [9.17, 15) is 0 Å². The van der Waals surface area contributed by atoms with Crippen molar-refractivity contribution in [3.8, 4) is 0 Å². The van der Waals surface area contributed by atoms with E-state index in [2.05, 4.69) is 33.4 Å². The summed E-state index contributed by atoms with van der Waals surface area (Å²) in [7, 11) is 0. The van der Waals surface area contributed by atoms with Gasteiger partial charge in [-0.15, -0.1) is 0 Å². The van der Waals surface area contributed by atoms with Crippen LogP contribution in [0.25, 0.3) is 0 Å². The normalized spacial score (nSPS) is 23.6. The molecular weight excluding hydrogens is 275 g/mol. The largest absolute Gasteiger partial charge is 0.0990 e. The Morgan fingerprint density at radius 2 is 1.84 bits per heavy atom. The van der Waals surface area contributed by atoms with Crippen LogP contribution in [0.4, 0.5) is 0 Å². The topological polar surface area (TPSA) is 0 Å². The van der Waals surface area contributed by atoms with Crippen molar-refractivity contribution in [2.45, 2.75) is 46.0 Å². The second-order valence-electron chi connectivity index (χ2n) is 6.59. The minimum absolute atomic E-state index is 0.170. The first-order valence-corrected chi connectivity index (χ1v) is 7.70. The lowest BCUT2D eigenvalue weighted by molar-refractivity contribution is 0.405. The molecule has 0 radical (unpaired) electrons. The van der Waals surface area contributed by atoms with Crippen molar-refractivity contribution in [1.29, 1.82) is 0 Å². The molecule has 1 saturated carbocycles. The van der Waals surface area contributed by atoms with Gasteiger partial charge in [0, 0.05) is 0 Å². The molecule has 0 aliphatic heterocycles. The highest BCUT2D eigenvalue weighted by atomic mass is 35.5. The van der Waals surface area contributed by atoms with Crippen molar-refractivity contribution in [2.24, 2.45) is 11.3 Å². The molecule has 104 valence electrons. The summed E-state index contributed by atoms with van der Waals surface area (Å²) in [5.41, 5.74) is 2.84. The van der Waals surface area contributed by atoms with Crippen LogP contribution in [0.2, 0.25) is 10.0 Å². The lowest BCUT2D eigenvalue weighted by Crippen LogP contribution is -2.19. The van der Waals surface area contributed by atoms with E-state index in [1.165, 1.54) is 30.4 Å². The molecule has 0 heterocycles. The molecule has 0 spiro atoms. The number of halogens is 2. The highest BCUT2D eigenvalue weighted by molar-refractivity contribution is 6.42. The van der Waals surface area contributed by atoms with Crippen LogP contribution in [0.3, 0.4) is 0 Å². The van der Waals surface area contributed by atoms with Crippen molar-refractivity contribution in [2.75, 3.05) is 0 Å². The maximum atomic E-state index is 6.16. The first kappa shape index (κ1) is 14.9. The van der Waals surface area contributed by atoms with Crippen LogP contribution in [0.15, 0.2) is 30.4 Å². The van der Waals surface area contributed by atoms with Crippen LogP contribution < -0.4 is 0 Å². The van der Waals surface area contributed by atoms with E-state index in [0.29, 0.717) is 21.9 Å². The zero-order valence-electron chi connectivity index (χ0n) is 12.0. The van der Waals surface area contributed by atoms with Gasteiger partial charge < -0.3 is 0 Å². The molecule has 2 heteroatoms. The predicted molar refractivity (Wildman–Crippen MR) is 85.1 cm³/mol. The number of benzene rings is 1. The Labute approximate surface area is 126 Å². The molecule has 1 aromatic rings. The number of rotatable bonds is 2. The van der Waals surface area contributed by atoms with Crippen molar-refractivity contribution >= 4 is 23.2 Å². The molecular formula is C17H22Cl2. The van der Waals surface area contributed by atoms with Crippen molar-refractivity contribution < 1.29 is 0 Å². The van der Waals surface area contributed by atoms with Gasteiger partial charge in [0.2, 0.25) is 0 Å². The van der Waals surface area contributed by atoms with Crippen LogP contribution in [-0.2, 0) is 0 Å². The molecule has 19 heavy (non-hydrogen) atoms. The SMILES string of the molecule is C=C([C@@H]1CCC[C@H]1c1ccc(Cl)c(Cl)c1)C(C)(C)C. The fourth-order valence-electron chi connectivity index (χ4n) is 3.08. The third kappa shape index (κ3) is 3.17. The van der Waals surface area contributed by atoms with Crippen LogP contribution in [0, 0.1) is 11.3 Å². The average molecular weight is 297 g/mol. The second-order valence-corrected chi connectivity index (χ2v) is 7.41. The third-order valence-corrected chi connectivity index (χ3v) is 5.04. The van der Waals surface area contributed by atoms with Gasteiger partial charge in [-0.3, -0.25) is 0 Å². The minimum Gasteiger partial charge on any atom is -0.0990 e. The summed E-state index contributed by atoms with van der Waals surface area (Å²) in [5, 5.41) is 1.29. The molecule has 0 amide bonds. The van der Waals surface area contributed by atoms with Crippen molar-refractivity contribution in [1.82, 2.24) is 0 Å². The van der Waals surface area contributed by atoms with Gasteiger partial charge >= 0.3 is 0 Å². The Hall–Kier alpha value is -0.460. The summed E-state index contributed by atoms with van der Waals surface area (Å²) >= 11 is 12.2. The van der Waals surface area contributed by atoms with Gasteiger partial charge in [-0.1, -0.05) is 68.6 Å². The van der Waals surface area contributed by atoms with E-state index in [1.54, 1.807) is 0 Å². The Balaban J connectivity index is 2.28. The smallest absolute Gasteiger partial charge is 0.0595 e. The van der Waals surface area contributed by atoms with Gasteiger partial charge in [-0.05, 0) is 47.8 Å². The van der Waals surface area contributed by atoms with Gasteiger partial charge in [0.25, 0.3) is 0 Å². The predicted octanol–water partition coefficient (Wildman–Crippen LogP) is 6.48. The minimum atomic E-state index is 0.170.